The molecule has 1 N–H and O–H groups in total. The first-order chi connectivity index (χ1) is 13.1. The van der Waals surface area contributed by atoms with E-state index in [2.05, 4.69) is 40.0 Å². The number of unbranched alkanes of at least 4 members (excludes halogenated alkanes) is 1. The molecular formula is C22H29N3O2. The minimum Gasteiger partial charge on any atom is -0.497 e. The number of pyridine rings is 1. The molecule has 0 radical (unpaired) electrons. The van der Waals surface area contributed by atoms with Gasteiger partial charge in [-0.3, -0.25) is 9.78 Å². The third-order valence-electron chi connectivity index (χ3n) is 5.23. The molecule has 3 aromatic rings. The van der Waals surface area contributed by atoms with Crippen molar-refractivity contribution in [2.45, 2.75) is 46.6 Å². The molecule has 2 aromatic heterocycles. The van der Waals surface area contributed by atoms with E-state index in [0.717, 1.165) is 54.8 Å². The highest BCUT2D eigenvalue weighted by molar-refractivity contribution is 6.09. The van der Waals surface area contributed by atoms with E-state index >= 15 is 0 Å². The van der Waals surface area contributed by atoms with Crippen molar-refractivity contribution in [3.63, 3.8) is 0 Å². The van der Waals surface area contributed by atoms with Crippen LogP contribution < -0.4 is 10.1 Å². The maximum absolute atomic E-state index is 12.3. The van der Waals surface area contributed by atoms with Gasteiger partial charge in [-0.15, -0.1) is 0 Å². The van der Waals surface area contributed by atoms with E-state index in [1.54, 1.807) is 7.11 Å². The van der Waals surface area contributed by atoms with Crippen molar-refractivity contribution in [1.29, 1.82) is 0 Å². The molecule has 0 spiro atoms. The van der Waals surface area contributed by atoms with Crippen LogP contribution in [0, 0.1) is 12.8 Å². The van der Waals surface area contributed by atoms with Gasteiger partial charge in [-0.2, -0.15) is 0 Å². The van der Waals surface area contributed by atoms with Gasteiger partial charge in [0.15, 0.2) is 0 Å². The number of ether oxygens (including phenoxy) is 1. The van der Waals surface area contributed by atoms with Crippen molar-refractivity contribution >= 4 is 27.7 Å². The van der Waals surface area contributed by atoms with E-state index < -0.39 is 0 Å². The lowest BCUT2D eigenvalue weighted by Gasteiger charge is -2.14. The average molecular weight is 367 g/mol. The number of nitrogens with zero attached hydrogens (tertiary/aromatic N) is 2. The Morgan fingerprint density at radius 2 is 2.11 bits per heavy atom. The molecule has 0 bridgehead atoms. The SMILES string of the molecule is CCCCNC(=O)C(C)CCn1c2cc(OC)ccc2c2ccnc(C)c21. The van der Waals surface area contributed by atoms with Crippen LogP contribution in [0.5, 0.6) is 5.75 Å². The van der Waals surface area contributed by atoms with Gasteiger partial charge in [-0.25, -0.2) is 0 Å². The van der Waals surface area contributed by atoms with Crippen LogP contribution in [-0.2, 0) is 11.3 Å². The number of hydrogen-bond donors (Lipinski definition) is 1. The molecule has 144 valence electrons. The molecule has 1 unspecified atom stereocenters. The van der Waals surface area contributed by atoms with Crippen LogP contribution >= 0.6 is 0 Å². The van der Waals surface area contributed by atoms with E-state index in [1.165, 1.54) is 10.8 Å². The van der Waals surface area contributed by atoms with Crippen molar-refractivity contribution in [3.8, 4) is 5.75 Å². The number of hydrogen-bond acceptors (Lipinski definition) is 3. The highest BCUT2D eigenvalue weighted by Crippen LogP contribution is 2.33. The molecule has 1 atom stereocenters. The molecule has 0 aliphatic carbocycles. The van der Waals surface area contributed by atoms with Gasteiger partial charge in [0, 0.05) is 42.0 Å². The van der Waals surface area contributed by atoms with Crippen molar-refractivity contribution in [2.24, 2.45) is 5.92 Å². The fourth-order valence-corrected chi connectivity index (χ4v) is 3.58. The number of fused-ring (bicyclic) bond motifs is 3. The molecule has 0 saturated carbocycles. The molecular weight excluding hydrogens is 338 g/mol. The lowest BCUT2D eigenvalue weighted by Crippen LogP contribution is -2.30. The third-order valence-corrected chi connectivity index (χ3v) is 5.23. The summed E-state index contributed by atoms with van der Waals surface area (Å²) in [4.78, 5) is 16.8. The van der Waals surface area contributed by atoms with Gasteiger partial charge in [-0.05, 0) is 38.0 Å². The summed E-state index contributed by atoms with van der Waals surface area (Å²) < 4.78 is 7.71. The first-order valence-electron chi connectivity index (χ1n) is 9.76. The Balaban J connectivity index is 1.91. The van der Waals surface area contributed by atoms with Crippen LogP contribution in [0.15, 0.2) is 30.5 Å². The standard InChI is InChI=1S/C22H29N3O2/c1-5-6-11-24-22(26)15(2)10-13-25-20-14-17(27-4)7-8-18(20)19-9-12-23-16(3)21(19)25/h7-9,12,14-15H,5-6,10-11,13H2,1-4H3,(H,24,26). The summed E-state index contributed by atoms with van der Waals surface area (Å²) in [7, 11) is 1.68. The van der Waals surface area contributed by atoms with E-state index in [0.29, 0.717) is 0 Å². The summed E-state index contributed by atoms with van der Waals surface area (Å²) in [5, 5.41) is 5.42. The fourth-order valence-electron chi connectivity index (χ4n) is 3.58. The van der Waals surface area contributed by atoms with Crippen molar-refractivity contribution < 1.29 is 9.53 Å². The number of rotatable bonds is 8. The summed E-state index contributed by atoms with van der Waals surface area (Å²) in [6.45, 7) is 7.69. The fraction of sp³-hybridized carbons (Fsp3) is 0.455. The first kappa shape index (κ1) is 19.2. The van der Waals surface area contributed by atoms with Crippen LogP contribution in [0.4, 0.5) is 0 Å². The molecule has 2 heterocycles. The maximum atomic E-state index is 12.3. The monoisotopic (exact) mass is 367 g/mol. The number of carbonyl (C=O) groups is 1. The highest BCUT2D eigenvalue weighted by atomic mass is 16.5. The Bertz CT molecular complexity index is 946. The van der Waals surface area contributed by atoms with Gasteiger partial charge < -0.3 is 14.6 Å². The number of amides is 1. The Morgan fingerprint density at radius 3 is 2.85 bits per heavy atom. The van der Waals surface area contributed by atoms with Gasteiger partial charge in [0.1, 0.15) is 5.75 Å². The summed E-state index contributed by atoms with van der Waals surface area (Å²) in [5.74, 6) is 0.941. The van der Waals surface area contributed by atoms with Crippen molar-refractivity contribution in [2.75, 3.05) is 13.7 Å². The molecule has 1 aromatic carbocycles. The zero-order chi connectivity index (χ0) is 19.4. The minimum atomic E-state index is -0.0306. The van der Waals surface area contributed by atoms with E-state index in [9.17, 15) is 4.79 Å². The number of benzene rings is 1. The molecule has 0 aliphatic heterocycles. The smallest absolute Gasteiger partial charge is 0.222 e. The van der Waals surface area contributed by atoms with Gasteiger partial charge in [0.25, 0.3) is 0 Å². The lowest BCUT2D eigenvalue weighted by atomic mass is 10.1. The molecule has 1 amide bonds. The zero-order valence-corrected chi connectivity index (χ0v) is 16.7. The van der Waals surface area contributed by atoms with Crippen molar-refractivity contribution in [3.05, 3.63) is 36.2 Å². The number of aromatic nitrogens is 2. The topological polar surface area (TPSA) is 56.2 Å². The van der Waals surface area contributed by atoms with Crippen LogP contribution in [0.3, 0.4) is 0 Å². The Hall–Kier alpha value is -2.56. The van der Waals surface area contributed by atoms with Crippen LogP contribution in [0.25, 0.3) is 21.8 Å². The van der Waals surface area contributed by atoms with Crippen LogP contribution in [0.2, 0.25) is 0 Å². The first-order valence-corrected chi connectivity index (χ1v) is 9.76. The number of nitrogens with one attached hydrogen (secondary N) is 1. The zero-order valence-electron chi connectivity index (χ0n) is 16.7. The Labute approximate surface area is 160 Å². The summed E-state index contributed by atoms with van der Waals surface area (Å²) >= 11 is 0. The molecule has 27 heavy (non-hydrogen) atoms. The van der Waals surface area contributed by atoms with Gasteiger partial charge in [0.2, 0.25) is 5.91 Å². The van der Waals surface area contributed by atoms with Crippen molar-refractivity contribution in [1.82, 2.24) is 14.9 Å². The Morgan fingerprint density at radius 1 is 1.30 bits per heavy atom. The summed E-state index contributed by atoms with van der Waals surface area (Å²) in [6.07, 6.45) is 4.75. The van der Waals surface area contributed by atoms with Gasteiger partial charge in [-0.1, -0.05) is 20.3 Å². The number of carbonyl (C=O) groups excluding carboxylic acids is 1. The summed E-state index contributed by atoms with van der Waals surface area (Å²) in [6, 6.07) is 8.23. The van der Waals surface area contributed by atoms with E-state index in [-0.39, 0.29) is 11.8 Å². The maximum Gasteiger partial charge on any atom is 0.222 e. The molecule has 3 rings (SSSR count). The third kappa shape index (κ3) is 3.92. The number of methoxy groups -OCH3 is 1. The van der Waals surface area contributed by atoms with E-state index in [1.807, 2.05) is 26.1 Å². The lowest BCUT2D eigenvalue weighted by molar-refractivity contribution is -0.124. The van der Waals surface area contributed by atoms with Gasteiger partial charge in [0.05, 0.1) is 23.8 Å². The molecule has 5 heteroatoms. The van der Waals surface area contributed by atoms with Gasteiger partial charge >= 0.3 is 0 Å². The highest BCUT2D eigenvalue weighted by Gasteiger charge is 2.17. The molecule has 5 nitrogen and oxygen atoms in total. The molecule has 0 fully saturated rings. The number of aryl methyl sites for hydroxylation is 2. The molecule has 0 aliphatic rings. The quantitative estimate of drug-likeness (QED) is 0.599. The predicted octanol–water partition coefficient (Wildman–Crippen LogP) is 4.45. The summed E-state index contributed by atoms with van der Waals surface area (Å²) in [5.41, 5.74) is 3.26. The average Bonchev–Trinajstić information content (AvgIpc) is 3.00. The van der Waals surface area contributed by atoms with Crippen LogP contribution in [0.1, 0.15) is 38.8 Å². The second-order valence-corrected chi connectivity index (χ2v) is 7.16. The largest absolute Gasteiger partial charge is 0.497 e. The second-order valence-electron chi connectivity index (χ2n) is 7.16. The Kier molecular flexibility index (Phi) is 5.99. The predicted molar refractivity (Wildman–Crippen MR) is 110 cm³/mol. The normalized spacial score (nSPS) is 12.4. The second kappa shape index (κ2) is 8.42. The van der Waals surface area contributed by atoms with Crippen LogP contribution in [-0.4, -0.2) is 29.1 Å². The molecule has 0 saturated heterocycles. The minimum absolute atomic E-state index is 0.0306. The van der Waals surface area contributed by atoms with E-state index in [4.69, 9.17) is 4.74 Å².